The predicted molar refractivity (Wildman–Crippen MR) is 145 cm³/mol. The molecule has 0 bridgehead atoms. The molecule has 0 saturated heterocycles. The van der Waals surface area contributed by atoms with E-state index in [2.05, 4.69) is 20.8 Å². The lowest BCUT2D eigenvalue weighted by Gasteiger charge is -2.38. The van der Waals surface area contributed by atoms with Gasteiger partial charge in [-0.3, -0.25) is 9.59 Å². The van der Waals surface area contributed by atoms with Crippen molar-refractivity contribution < 1.29 is 32.2 Å². The van der Waals surface area contributed by atoms with Crippen LogP contribution in [-0.4, -0.2) is 23.7 Å². The van der Waals surface area contributed by atoms with Gasteiger partial charge in [-0.05, 0) is 93.2 Å². The van der Waals surface area contributed by atoms with Crippen molar-refractivity contribution in [1.29, 1.82) is 0 Å². The summed E-state index contributed by atoms with van der Waals surface area (Å²) >= 11 is 0. The fraction of sp³-hybridized carbons (Fsp3) is 0.613. The van der Waals surface area contributed by atoms with Crippen LogP contribution < -0.4 is 4.74 Å². The first-order valence-corrected chi connectivity index (χ1v) is 13.8. The van der Waals surface area contributed by atoms with Crippen molar-refractivity contribution in [3.05, 3.63) is 42.0 Å². The zero-order valence-electron chi connectivity index (χ0n) is 23.7. The van der Waals surface area contributed by atoms with E-state index in [1.165, 1.54) is 30.9 Å². The second-order valence-electron chi connectivity index (χ2n) is 11.1. The van der Waals surface area contributed by atoms with Crippen molar-refractivity contribution in [3.63, 3.8) is 0 Å². The minimum atomic E-state index is -4.56. The fourth-order valence-corrected chi connectivity index (χ4v) is 4.38. The van der Waals surface area contributed by atoms with E-state index in [0.717, 1.165) is 42.9 Å². The maximum absolute atomic E-state index is 12.1. The Morgan fingerprint density at radius 2 is 1.55 bits per heavy atom. The summed E-state index contributed by atoms with van der Waals surface area (Å²) in [5.41, 5.74) is 0.721. The van der Waals surface area contributed by atoms with Crippen LogP contribution >= 0.6 is 0 Å². The first-order valence-electron chi connectivity index (χ1n) is 13.8. The maximum Gasteiger partial charge on any atom is 0.399 e. The molecule has 0 amide bonds. The largest absolute Gasteiger partial charge is 0.459 e. The number of carbonyl (C=O) groups excluding carboxylic acids is 2. The molecule has 1 fully saturated rings. The molecule has 1 unspecified atom stereocenters. The minimum Gasteiger partial charge on any atom is -0.459 e. The Kier molecular flexibility index (Phi) is 11.2. The van der Waals surface area contributed by atoms with Crippen LogP contribution in [0, 0.1) is 5.41 Å². The van der Waals surface area contributed by atoms with E-state index in [1.54, 1.807) is 12.1 Å². The van der Waals surface area contributed by atoms with Crippen molar-refractivity contribution in [1.82, 2.24) is 0 Å². The average Bonchev–Trinajstić information content (AvgIpc) is 2.87. The average molecular weight is 537 g/mol. The Balaban J connectivity index is 0.000000281. The number of ether oxygens (including phenoxy) is 2. The molecule has 7 heteroatoms. The predicted octanol–water partition coefficient (Wildman–Crippen LogP) is 9.29. The zero-order chi connectivity index (χ0) is 28.6. The van der Waals surface area contributed by atoms with Gasteiger partial charge in [-0.25, -0.2) is 0 Å². The van der Waals surface area contributed by atoms with Crippen LogP contribution in [0.25, 0.3) is 10.8 Å². The molecule has 2 aromatic carbocycles. The molecule has 0 spiro atoms. The molecule has 0 aliphatic heterocycles. The second-order valence-corrected chi connectivity index (χ2v) is 11.1. The Labute approximate surface area is 225 Å². The van der Waals surface area contributed by atoms with Crippen molar-refractivity contribution >= 4 is 22.7 Å². The van der Waals surface area contributed by atoms with Crippen LogP contribution in [0.1, 0.15) is 111 Å². The maximum atomic E-state index is 12.1. The van der Waals surface area contributed by atoms with Gasteiger partial charge in [0.05, 0.1) is 5.41 Å². The first kappa shape index (κ1) is 31.6. The monoisotopic (exact) mass is 536 g/mol. The van der Waals surface area contributed by atoms with Gasteiger partial charge in [0.1, 0.15) is 17.8 Å². The Morgan fingerprint density at radius 1 is 0.947 bits per heavy atom. The number of benzene rings is 2. The molecule has 1 aliphatic carbocycles. The van der Waals surface area contributed by atoms with E-state index in [1.807, 2.05) is 39.0 Å². The van der Waals surface area contributed by atoms with Gasteiger partial charge in [-0.1, -0.05) is 58.4 Å². The van der Waals surface area contributed by atoms with Crippen LogP contribution in [0.15, 0.2) is 36.4 Å². The number of esters is 2. The number of hydrogen-bond donors (Lipinski definition) is 0. The quantitative estimate of drug-likeness (QED) is 0.249. The molecule has 3 rings (SSSR count). The lowest BCUT2D eigenvalue weighted by molar-refractivity contribution is -0.175. The SMILES string of the molecule is CCC(C)c1ccc2cc(OC(=O)CC(F)(F)F)ccc2c1.CCC1(OC(=O)C(C)(C)CC)CCCCC1. The summed E-state index contributed by atoms with van der Waals surface area (Å²) in [7, 11) is 0. The molecule has 0 N–H and O–H groups in total. The van der Waals surface area contributed by atoms with Crippen LogP contribution in [-0.2, 0) is 14.3 Å². The van der Waals surface area contributed by atoms with Gasteiger partial charge in [-0.2, -0.15) is 13.2 Å². The third-order valence-electron chi connectivity index (χ3n) is 7.75. The second kappa shape index (κ2) is 13.5. The van der Waals surface area contributed by atoms with Crippen LogP contribution in [0.5, 0.6) is 5.75 Å². The summed E-state index contributed by atoms with van der Waals surface area (Å²) < 4.78 is 46.9. The molecule has 0 heterocycles. The number of fused-ring (bicyclic) bond motifs is 1. The molecule has 0 radical (unpaired) electrons. The van der Waals surface area contributed by atoms with E-state index in [9.17, 15) is 22.8 Å². The third kappa shape index (κ3) is 9.32. The van der Waals surface area contributed by atoms with Gasteiger partial charge in [-0.15, -0.1) is 0 Å². The Bertz CT molecular complexity index is 1070. The molecule has 38 heavy (non-hydrogen) atoms. The molecule has 2 aromatic rings. The highest BCUT2D eigenvalue weighted by molar-refractivity contribution is 5.85. The van der Waals surface area contributed by atoms with E-state index < -0.39 is 18.6 Å². The molecule has 1 aliphatic rings. The number of carbonyl (C=O) groups is 2. The molecule has 1 atom stereocenters. The van der Waals surface area contributed by atoms with Gasteiger partial charge in [0.15, 0.2) is 0 Å². The Hall–Kier alpha value is -2.57. The van der Waals surface area contributed by atoms with Gasteiger partial charge in [0, 0.05) is 0 Å². The van der Waals surface area contributed by atoms with Crippen molar-refractivity contribution in [2.45, 2.75) is 117 Å². The van der Waals surface area contributed by atoms with Gasteiger partial charge >= 0.3 is 18.1 Å². The lowest BCUT2D eigenvalue weighted by atomic mass is 9.82. The number of rotatable bonds is 8. The smallest absolute Gasteiger partial charge is 0.399 e. The molecular formula is C31H43F3O4. The van der Waals surface area contributed by atoms with E-state index in [-0.39, 0.29) is 22.7 Å². The topological polar surface area (TPSA) is 52.6 Å². The number of hydrogen-bond acceptors (Lipinski definition) is 4. The normalized spacial score (nSPS) is 16.2. The summed E-state index contributed by atoms with van der Waals surface area (Å²) in [4.78, 5) is 23.3. The number of halogens is 3. The number of alkyl halides is 3. The third-order valence-corrected chi connectivity index (χ3v) is 7.75. The standard InChI is InChI=1S/C17H17F3O2.C14H26O2/c1-3-11(2)12-4-5-14-9-15(7-6-13(14)8-12)22-16(21)10-17(18,19)20;1-5-13(3,4)12(15)16-14(6-2)10-8-7-9-11-14/h4-9,11H,3,10H2,1-2H3;5-11H2,1-4H3. The van der Waals surface area contributed by atoms with E-state index in [4.69, 9.17) is 9.47 Å². The van der Waals surface area contributed by atoms with Crippen molar-refractivity contribution in [2.75, 3.05) is 0 Å². The summed E-state index contributed by atoms with van der Waals surface area (Å²) in [6, 6.07) is 10.7. The Morgan fingerprint density at radius 3 is 2.11 bits per heavy atom. The molecule has 0 aromatic heterocycles. The zero-order valence-corrected chi connectivity index (χ0v) is 23.7. The van der Waals surface area contributed by atoms with Gasteiger partial charge in [0.25, 0.3) is 0 Å². The summed E-state index contributed by atoms with van der Waals surface area (Å²) in [5, 5.41) is 1.79. The summed E-state index contributed by atoms with van der Waals surface area (Å²) in [6.07, 6.45) is 2.47. The van der Waals surface area contributed by atoms with E-state index in [0.29, 0.717) is 5.92 Å². The molecule has 1 saturated carbocycles. The molecule has 4 nitrogen and oxygen atoms in total. The van der Waals surface area contributed by atoms with Crippen LogP contribution in [0.2, 0.25) is 0 Å². The molecular weight excluding hydrogens is 493 g/mol. The highest BCUT2D eigenvalue weighted by atomic mass is 19.4. The minimum absolute atomic E-state index is 0.0150. The van der Waals surface area contributed by atoms with Crippen LogP contribution in [0.4, 0.5) is 13.2 Å². The summed E-state index contributed by atoms with van der Waals surface area (Å²) in [6.45, 7) is 12.4. The summed E-state index contributed by atoms with van der Waals surface area (Å²) in [5.74, 6) is -0.756. The van der Waals surface area contributed by atoms with Crippen molar-refractivity contribution in [3.8, 4) is 5.75 Å². The van der Waals surface area contributed by atoms with Gasteiger partial charge < -0.3 is 9.47 Å². The highest BCUT2D eigenvalue weighted by Gasteiger charge is 2.38. The fourth-order valence-electron chi connectivity index (χ4n) is 4.38. The van der Waals surface area contributed by atoms with Crippen molar-refractivity contribution in [2.24, 2.45) is 5.41 Å². The lowest BCUT2D eigenvalue weighted by Crippen LogP contribution is -2.40. The van der Waals surface area contributed by atoms with Crippen LogP contribution in [0.3, 0.4) is 0 Å². The van der Waals surface area contributed by atoms with Gasteiger partial charge in [0.2, 0.25) is 0 Å². The molecule has 212 valence electrons. The highest BCUT2D eigenvalue weighted by Crippen LogP contribution is 2.37. The first-order chi connectivity index (χ1) is 17.7. The van der Waals surface area contributed by atoms with E-state index >= 15 is 0 Å².